The Labute approximate surface area is 83.5 Å². The monoisotopic (exact) mass is 211 g/mol. The number of hydrogen-bond donors (Lipinski definition) is 1. The molecule has 0 amide bonds. The number of aromatic amines is 1. The molecule has 14 heavy (non-hydrogen) atoms. The second-order valence-electron chi connectivity index (χ2n) is 2.88. The molecule has 0 spiro atoms. The summed E-state index contributed by atoms with van der Waals surface area (Å²) >= 11 is 5.23. The Kier molecular flexibility index (Phi) is 2.13. The van der Waals surface area contributed by atoms with Gasteiger partial charge in [0.2, 0.25) is 5.24 Å². The molecule has 0 saturated heterocycles. The lowest BCUT2D eigenvalue weighted by molar-refractivity contribution is -0.111. The Morgan fingerprint density at radius 1 is 1.50 bits per heavy atom. The van der Waals surface area contributed by atoms with Crippen LogP contribution in [-0.2, 0) is 11.2 Å². The molecular weight excluding hydrogens is 206 g/mol. The Morgan fingerprint density at radius 3 is 3.00 bits per heavy atom. The first kappa shape index (κ1) is 9.02. The minimum Gasteiger partial charge on any atom is -0.408 e. The van der Waals surface area contributed by atoms with E-state index in [9.17, 15) is 9.59 Å². The van der Waals surface area contributed by atoms with Crippen LogP contribution in [0.5, 0.6) is 0 Å². The molecule has 1 aromatic heterocycles. The first-order valence-electron chi connectivity index (χ1n) is 3.95. The fourth-order valence-corrected chi connectivity index (χ4v) is 1.42. The van der Waals surface area contributed by atoms with Crippen LogP contribution in [0.1, 0.15) is 5.56 Å². The predicted molar refractivity (Wildman–Crippen MR) is 51.4 cm³/mol. The number of hydrogen-bond acceptors (Lipinski definition) is 3. The largest absolute Gasteiger partial charge is 0.417 e. The second-order valence-corrected chi connectivity index (χ2v) is 3.30. The van der Waals surface area contributed by atoms with Gasteiger partial charge in [0.05, 0.1) is 5.52 Å². The van der Waals surface area contributed by atoms with Crippen molar-refractivity contribution in [2.75, 3.05) is 0 Å². The Morgan fingerprint density at radius 2 is 2.29 bits per heavy atom. The standard InChI is InChI=1S/C9H6ClNO3/c10-8(12)4-5-1-2-7-6(3-5)11-9(13)14-7/h1-3H,4H2,(H,11,13). The average Bonchev–Trinajstić information content (AvgIpc) is 2.42. The van der Waals surface area contributed by atoms with Crippen molar-refractivity contribution in [3.8, 4) is 0 Å². The molecule has 2 aromatic rings. The molecule has 0 radical (unpaired) electrons. The van der Waals surface area contributed by atoms with E-state index in [-0.39, 0.29) is 6.42 Å². The summed E-state index contributed by atoms with van der Waals surface area (Å²) in [6.07, 6.45) is 0.144. The normalized spacial score (nSPS) is 10.6. The molecule has 0 saturated carbocycles. The van der Waals surface area contributed by atoms with Gasteiger partial charge < -0.3 is 4.42 Å². The Bertz CT molecular complexity index is 540. The van der Waals surface area contributed by atoms with Gasteiger partial charge in [0, 0.05) is 6.42 Å². The number of nitrogens with one attached hydrogen (secondary N) is 1. The molecule has 1 N–H and O–H groups in total. The van der Waals surface area contributed by atoms with E-state index >= 15 is 0 Å². The van der Waals surface area contributed by atoms with Crippen molar-refractivity contribution in [1.29, 1.82) is 0 Å². The van der Waals surface area contributed by atoms with Crippen LogP contribution < -0.4 is 5.76 Å². The van der Waals surface area contributed by atoms with E-state index in [1.165, 1.54) is 0 Å². The van der Waals surface area contributed by atoms with Crippen LogP contribution in [0.3, 0.4) is 0 Å². The van der Waals surface area contributed by atoms with Gasteiger partial charge >= 0.3 is 5.76 Å². The zero-order valence-corrected chi connectivity index (χ0v) is 7.80. The van der Waals surface area contributed by atoms with Gasteiger partial charge in [0.1, 0.15) is 0 Å². The lowest BCUT2D eigenvalue weighted by Crippen LogP contribution is -1.94. The van der Waals surface area contributed by atoms with Crippen molar-refractivity contribution in [1.82, 2.24) is 4.98 Å². The van der Waals surface area contributed by atoms with E-state index in [0.29, 0.717) is 11.1 Å². The third-order valence-corrected chi connectivity index (χ3v) is 1.96. The van der Waals surface area contributed by atoms with Crippen LogP contribution in [-0.4, -0.2) is 10.2 Å². The smallest absolute Gasteiger partial charge is 0.408 e. The summed E-state index contributed by atoms with van der Waals surface area (Å²) in [5.41, 5.74) is 1.79. The maximum absolute atomic E-state index is 10.8. The van der Waals surface area contributed by atoms with E-state index in [1.807, 2.05) is 0 Å². The molecule has 0 fully saturated rings. The summed E-state index contributed by atoms with van der Waals surface area (Å²) in [6, 6.07) is 4.99. The molecule has 0 aliphatic heterocycles. The van der Waals surface area contributed by atoms with Crippen LogP contribution in [0.4, 0.5) is 0 Å². The number of carbonyl (C=O) groups is 1. The van der Waals surface area contributed by atoms with Crippen molar-refractivity contribution < 1.29 is 9.21 Å². The molecule has 2 rings (SSSR count). The van der Waals surface area contributed by atoms with Crippen LogP contribution in [0, 0.1) is 0 Å². The highest BCUT2D eigenvalue weighted by molar-refractivity contribution is 6.63. The van der Waals surface area contributed by atoms with Crippen molar-refractivity contribution in [2.24, 2.45) is 0 Å². The number of oxazole rings is 1. The molecule has 0 aliphatic carbocycles. The average molecular weight is 212 g/mol. The topological polar surface area (TPSA) is 63.1 Å². The highest BCUT2D eigenvalue weighted by Gasteiger charge is 2.04. The first-order chi connectivity index (χ1) is 6.65. The van der Waals surface area contributed by atoms with Crippen molar-refractivity contribution >= 4 is 27.9 Å². The third kappa shape index (κ3) is 1.70. The number of rotatable bonds is 2. The minimum absolute atomic E-state index is 0.144. The molecule has 0 aliphatic rings. The summed E-state index contributed by atoms with van der Waals surface area (Å²) in [7, 11) is 0. The number of aromatic nitrogens is 1. The van der Waals surface area contributed by atoms with Gasteiger partial charge in [-0.05, 0) is 29.3 Å². The van der Waals surface area contributed by atoms with Gasteiger partial charge in [0.15, 0.2) is 5.58 Å². The van der Waals surface area contributed by atoms with E-state index in [1.54, 1.807) is 18.2 Å². The van der Waals surface area contributed by atoms with E-state index < -0.39 is 11.0 Å². The van der Waals surface area contributed by atoms with E-state index in [2.05, 4.69) is 4.98 Å². The third-order valence-electron chi connectivity index (χ3n) is 1.83. The molecule has 0 unspecified atom stereocenters. The molecule has 0 bridgehead atoms. The number of halogens is 1. The molecule has 1 aromatic carbocycles. The molecule has 1 heterocycles. The number of fused-ring (bicyclic) bond motifs is 1. The molecular formula is C9H6ClNO3. The minimum atomic E-state index is -0.505. The fraction of sp³-hybridized carbons (Fsp3) is 0.111. The van der Waals surface area contributed by atoms with Gasteiger partial charge in [-0.2, -0.15) is 0 Å². The zero-order chi connectivity index (χ0) is 10.1. The van der Waals surface area contributed by atoms with Gasteiger partial charge in [-0.3, -0.25) is 9.78 Å². The highest BCUT2D eigenvalue weighted by atomic mass is 35.5. The zero-order valence-electron chi connectivity index (χ0n) is 7.04. The van der Waals surface area contributed by atoms with Crippen molar-refractivity contribution in [2.45, 2.75) is 6.42 Å². The summed E-state index contributed by atoms with van der Waals surface area (Å²) in [6.45, 7) is 0. The number of H-pyrrole nitrogens is 1. The Hall–Kier alpha value is -1.55. The summed E-state index contributed by atoms with van der Waals surface area (Å²) in [5.74, 6) is -0.505. The summed E-state index contributed by atoms with van der Waals surface area (Å²) in [5, 5.41) is -0.435. The molecule has 0 atom stereocenters. The lowest BCUT2D eigenvalue weighted by Gasteiger charge is -1.94. The second kappa shape index (κ2) is 3.31. The first-order valence-corrected chi connectivity index (χ1v) is 4.33. The van der Waals surface area contributed by atoms with Crippen LogP contribution in [0.2, 0.25) is 0 Å². The van der Waals surface area contributed by atoms with Gasteiger partial charge in [-0.1, -0.05) is 6.07 Å². The van der Waals surface area contributed by atoms with Crippen LogP contribution in [0.15, 0.2) is 27.4 Å². The van der Waals surface area contributed by atoms with Crippen LogP contribution in [0.25, 0.3) is 11.1 Å². The lowest BCUT2D eigenvalue weighted by atomic mass is 10.1. The fourth-order valence-electron chi connectivity index (χ4n) is 1.27. The quantitative estimate of drug-likeness (QED) is 0.765. The summed E-state index contributed by atoms with van der Waals surface area (Å²) < 4.78 is 4.80. The van der Waals surface area contributed by atoms with Crippen LogP contribution >= 0.6 is 11.6 Å². The maximum Gasteiger partial charge on any atom is 0.417 e. The maximum atomic E-state index is 10.8. The molecule has 5 heteroatoms. The van der Waals surface area contributed by atoms with E-state index in [0.717, 1.165) is 5.56 Å². The van der Waals surface area contributed by atoms with Gasteiger partial charge in [-0.25, -0.2) is 4.79 Å². The highest BCUT2D eigenvalue weighted by Crippen LogP contribution is 2.13. The number of carbonyl (C=O) groups excluding carboxylic acids is 1. The van der Waals surface area contributed by atoms with Gasteiger partial charge in [0.25, 0.3) is 0 Å². The van der Waals surface area contributed by atoms with Crippen molar-refractivity contribution in [3.63, 3.8) is 0 Å². The van der Waals surface area contributed by atoms with Gasteiger partial charge in [-0.15, -0.1) is 0 Å². The molecule has 72 valence electrons. The summed E-state index contributed by atoms with van der Waals surface area (Å²) in [4.78, 5) is 23.9. The van der Waals surface area contributed by atoms with E-state index in [4.69, 9.17) is 16.0 Å². The Balaban J connectivity index is 2.50. The predicted octanol–water partition coefficient (Wildman–Crippen LogP) is 1.43. The molecule has 4 nitrogen and oxygen atoms in total. The number of benzene rings is 1. The SMILES string of the molecule is O=C(Cl)Cc1ccc2oc(=O)[nH]c2c1. The van der Waals surface area contributed by atoms with Crippen molar-refractivity contribution in [3.05, 3.63) is 34.3 Å².